The lowest BCUT2D eigenvalue weighted by molar-refractivity contribution is -0.142. The van der Waals surface area contributed by atoms with Gasteiger partial charge in [0.25, 0.3) is 0 Å². The Bertz CT molecular complexity index is 589. The molecule has 1 aromatic carbocycles. The van der Waals surface area contributed by atoms with Crippen LogP contribution in [0.1, 0.15) is 38.2 Å². The number of carbonyl (C=O) groups excluding carboxylic acids is 3. The average Bonchev–Trinajstić information content (AvgIpc) is 2.51. The molecule has 0 fully saturated rings. The molecule has 1 rings (SSSR count). The molecule has 0 amide bonds. The van der Waals surface area contributed by atoms with Crippen molar-refractivity contribution in [1.82, 2.24) is 0 Å². The standard InChI is InChI=1S/C17H20O7/c1-12(18)23-10-2-3-14(19)11-13-4-6-15(7-5-13)24-17(22)9-8-16(20)21/h4-7H,2-3,8-11H2,1H3,(H,20,21). The van der Waals surface area contributed by atoms with E-state index in [4.69, 9.17) is 14.6 Å². The first-order valence-corrected chi connectivity index (χ1v) is 7.53. The second-order valence-corrected chi connectivity index (χ2v) is 5.17. The Balaban J connectivity index is 2.36. The lowest BCUT2D eigenvalue weighted by atomic mass is 10.1. The Kier molecular flexibility index (Phi) is 8.18. The van der Waals surface area contributed by atoms with Gasteiger partial charge in [0.05, 0.1) is 19.4 Å². The second kappa shape index (κ2) is 10.1. The Labute approximate surface area is 139 Å². The van der Waals surface area contributed by atoms with Gasteiger partial charge in [-0.3, -0.25) is 19.2 Å². The molecule has 0 saturated heterocycles. The minimum atomic E-state index is -1.06. The molecule has 0 saturated carbocycles. The summed E-state index contributed by atoms with van der Waals surface area (Å²) < 4.78 is 9.74. The molecule has 0 heterocycles. The number of ether oxygens (including phenoxy) is 2. The van der Waals surface area contributed by atoms with Gasteiger partial charge < -0.3 is 14.6 Å². The zero-order valence-electron chi connectivity index (χ0n) is 13.4. The fraction of sp³-hybridized carbons (Fsp3) is 0.412. The molecule has 1 aromatic rings. The monoisotopic (exact) mass is 336 g/mol. The lowest BCUT2D eigenvalue weighted by Crippen LogP contribution is -2.10. The topological polar surface area (TPSA) is 107 Å². The van der Waals surface area contributed by atoms with Crippen LogP contribution >= 0.6 is 0 Å². The van der Waals surface area contributed by atoms with Crippen molar-refractivity contribution in [1.29, 1.82) is 0 Å². The highest BCUT2D eigenvalue weighted by Crippen LogP contribution is 2.14. The Morgan fingerprint density at radius 1 is 1.00 bits per heavy atom. The van der Waals surface area contributed by atoms with E-state index < -0.39 is 11.9 Å². The molecule has 0 aliphatic carbocycles. The summed E-state index contributed by atoms with van der Waals surface area (Å²) in [5, 5.41) is 8.49. The van der Waals surface area contributed by atoms with Crippen molar-refractivity contribution in [3.63, 3.8) is 0 Å². The SMILES string of the molecule is CC(=O)OCCCC(=O)Cc1ccc(OC(=O)CCC(=O)O)cc1. The molecular formula is C17H20O7. The Morgan fingerprint density at radius 3 is 2.25 bits per heavy atom. The summed E-state index contributed by atoms with van der Waals surface area (Å²) in [4.78, 5) is 44.1. The summed E-state index contributed by atoms with van der Waals surface area (Å²) in [5.74, 6) is -1.72. The van der Waals surface area contributed by atoms with Crippen molar-refractivity contribution in [2.75, 3.05) is 6.61 Å². The maximum Gasteiger partial charge on any atom is 0.311 e. The summed E-state index contributed by atoms with van der Waals surface area (Å²) in [5.41, 5.74) is 0.776. The normalized spacial score (nSPS) is 10.0. The van der Waals surface area contributed by atoms with Crippen LogP contribution in [0.4, 0.5) is 0 Å². The Morgan fingerprint density at radius 2 is 1.67 bits per heavy atom. The van der Waals surface area contributed by atoms with Crippen LogP contribution in [0, 0.1) is 0 Å². The van der Waals surface area contributed by atoms with Crippen LogP contribution in [0.5, 0.6) is 5.75 Å². The van der Waals surface area contributed by atoms with Gasteiger partial charge in [0.15, 0.2) is 0 Å². The van der Waals surface area contributed by atoms with Crippen LogP contribution in [0.3, 0.4) is 0 Å². The number of benzene rings is 1. The molecule has 0 atom stereocenters. The van der Waals surface area contributed by atoms with E-state index in [-0.39, 0.29) is 37.6 Å². The van der Waals surface area contributed by atoms with E-state index in [2.05, 4.69) is 0 Å². The summed E-state index contributed by atoms with van der Waals surface area (Å²) in [6, 6.07) is 6.45. The number of carboxylic acid groups (broad SMARTS) is 1. The molecule has 7 nitrogen and oxygen atoms in total. The first kappa shape index (κ1) is 19.3. The Hall–Kier alpha value is -2.70. The second-order valence-electron chi connectivity index (χ2n) is 5.17. The van der Waals surface area contributed by atoms with Crippen LogP contribution in [0.25, 0.3) is 0 Å². The third-order valence-electron chi connectivity index (χ3n) is 3.00. The van der Waals surface area contributed by atoms with Gasteiger partial charge in [-0.25, -0.2) is 0 Å². The van der Waals surface area contributed by atoms with Crippen LogP contribution < -0.4 is 4.74 Å². The highest BCUT2D eigenvalue weighted by atomic mass is 16.5. The van der Waals surface area contributed by atoms with Crippen molar-refractivity contribution in [2.24, 2.45) is 0 Å². The van der Waals surface area contributed by atoms with E-state index in [1.807, 2.05) is 0 Å². The van der Waals surface area contributed by atoms with Crippen molar-refractivity contribution in [3.05, 3.63) is 29.8 Å². The largest absolute Gasteiger partial charge is 0.481 e. The molecule has 0 aromatic heterocycles. The minimum Gasteiger partial charge on any atom is -0.481 e. The molecule has 130 valence electrons. The van der Waals surface area contributed by atoms with E-state index in [0.717, 1.165) is 5.56 Å². The van der Waals surface area contributed by atoms with Crippen LogP contribution in [-0.2, 0) is 30.3 Å². The van der Waals surface area contributed by atoms with Gasteiger partial charge in [0.2, 0.25) is 0 Å². The lowest BCUT2D eigenvalue weighted by Gasteiger charge is -2.05. The molecule has 7 heteroatoms. The number of hydrogen-bond donors (Lipinski definition) is 1. The van der Waals surface area contributed by atoms with E-state index >= 15 is 0 Å². The minimum absolute atomic E-state index is 0.0216. The van der Waals surface area contributed by atoms with Crippen molar-refractivity contribution in [3.8, 4) is 5.75 Å². The number of rotatable bonds is 10. The third-order valence-corrected chi connectivity index (χ3v) is 3.00. The van der Waals surface area contributed by atoms with E-state index in [1.165, 1.54) is 6.92 Å². The highest BCUT2D eigenvalue weighted by molar-refractivity contribution is 5.81. The molecule has 1 N–H and O–H groups in total. The third kappa shape index (κ3) is 8.67. The fourth-order valence-electron chi connectivity index (χ4n) is 1.87. The van der Waals surface area contributed by atoms with E-state index in [0.29, 0.717) is 18.6 Å². The van der Waals surface area contributed by atoms with Gasteiger partial charge in [-0.05, 0) is 24.1 Å². The first-order chi connectivity index (χ1) is 11.4. The van der Waals surface area contributed by atoms with E-state index in [9.17, 15) is 19.2 Å². The molecule has 0 bridgehead atoms. The van der Waals surface area contributed by atoms with Gasteiger partial charge in [0.1, 0.15) is 11.5 Å². The van der Waals surface area contributed by atoms with Crippen LogP contribution in [0.15, 0.2) is 24.3 Å². The van der Waals surface area contributed by atoms with Crippen LogP contribution in [0.2, 0.25) is 0 Å². The summed E-state index contributed by atoms with van der Waals surface area (Å²) in [7, 11) is 0. The molecule has 0 aliphatic heterocycles. The van der Waals surface area contributed by atoms with Gasteiger partial charge >= 0.3 is 17.9 Å². The number of carbonyl (C=O) groups is 4. The first-order valence-electron chi connectivity index (χ1n) is 7.53. The van der Waals surface area contributed by atoms with Gasteiger partial charge in [-0.1, -0.05) is 12.1 Å². The van der Waals surface area contributed by atoms with Gasteiger partial charge in [0, 0.05) is 19.8 Å². The summed E-state index contributed by atoms with van der Waals surface area (Å²) in [6.45, 7) is 1.55. The maximum absolute atomic E-state index is 11.8. The number of Topliss-reactive ketones (excluding diaryl/α,β-unsaturated/α-hetero) is 1. The quantitative estimate of drug-likeness (QED) is 0.395. The van der Waals surface area contributed by atoms with E-state index in [1.54, 1.807) is 24.3 Å². The maximum atomic E-state index is 11.8. The molecule has 24 heavy (non-hydrogen) atoms. The molecule has 0 aliphatic rings. The highest BCUT2D eigenvalue weighted by Gasteiger charge is 2.09. The number of ketones is 1. The number of esters is 2. The predicted octanol–water partition coefficient (Wildman–Crippen LogP) is 1.91. The molecule has 0 spiro atoms. The number of carboxylic acids is 1. The molecular weight excluding hydrogens is 316 g/mol. The predicted molar refractivity (Wildman–Crippen MR) is 83.5 cm³/mol. The molecule has 0 radical (unpaired) electrons. The van der Waals surface area contributed by atoms with Crippen molar-refractivity contribution in [2.45, 2.75) is 39.0 Å². The van der Waals surface area contributed by atoms with Crippen molar-refractivity contribution >= 4 is 23.7 Å². The van der Waals surface area contributed by atoms with Crippen molar-refractivity contribution < 1.29 is 33.8 Å². The fourth-order valence-corrected chi connectivity index (χ4v) is 1.87. The van der Waals surface area contributed by atoms with Crippen LogP contribution in [-0.4, -0.2) is 35.4 Å². The average molecular weight is 336 g/mol. The van der Waals surface area contributed by atoms with Gasteiger partial charge in [-0.15, -0.1) is 0 Å². The summed E-state index contributed by atoms with van der Waals surface area (Å²) >= 11 is 0. The van der Waals surface area contributed by atoms with Gasteiger partial charge in [-0.2, -0.15) is 0 Å². The number of aliphatic carboxylic acids is 1. The zero-order chi connectivity index (χ0) is 17.9. The number of hydrogen-bond acceptors (Lipinski definition) is 6. The smallest absolute Gasteiger partial charge is 0.311 e. The zero-order valence-corrected chi connectivity index (χ0v) is 13.4. The molecule has 0 unspecified atom stereocenters. The summed E-state index contributed by atoms with van der Waals surface area (Å²) in [6.07, 6.45) is 0.570.